The first-order valence-electron chi connectivity index (χ1n) is 6.28. The molecule has 7 heteroatoms. The van der Waals surface area contributed by atoms with E-state index in [-0.39, 0.29) is 24.0 Å². The normalized spacial score (nSPS) is 11.3. The molecule has 22 heavy (non-hydrogen) atoms. The van der Waals surface area contributed by atoms with Crippen molar-refractivity contribution in [2.75, 3.05) is 13.2 Å². The molecule has 1 N–H and O–H groups in total. The third-order valence-corrected chi connectivity index (χ3v) is 2.95. The molecule has 0 aliphatic rings. The Morgan fingerprint density at radius 1 is 1.05 bits per heavy atom. The molecular weight excluding hydrogens is 321 g/mol. The molecule has 0 aliphatic carbocycles. The van der Waals surface area contributed by atoms with Gasteiger partial charge in [0.25, 0.3) is 0 Å². The minimum Gasteiger partial charge on any atom is -0.491 e. The number of hydrogen-bond donors (Lipinski definition) is 1. The van der Waals surface area contributed by atoms with E-state index in [2.05, 4.69) is 0 Å². The molecule has 0 unspecified atom stereocenters. The summed E-state index contributed by atoms with van der Waals surface area (Å²) in [5.41, 5.74) is -0.843. The Morgan fingerprint density at radius 2 is 1.77 bits per heavy atom. The molecule has 0 amide bonds. The number of alkyl halides is 3. The molecule has 0 radical (unpaired) electrons. The second-order valence-electron chi connectivity index (χ2n) is 4.29. The molecule has 3 nitrogen and oxygen atoms in total. The number of aliphatic hydroxyl groups excluding tert-OH is 1. The SMILES string of the molecule is OCCOc1cccc(Oc2ccc(C(F)(F)F)cc2Cl)c1. The maximum Gasteiger partial charge on any atom is 0.416 e. The second kappa shape index (κ2) is 6.89. The van der Waals surface area contributed by atoms with Crippen LogP contribution in [0.1, 0.15) is 5.56 Å². The monoisotopic (exact) mass is 332 g/mol. The van der Waals surface area contributed by atoms with Crippen LogP contribution in [0.15, 0.2) is 42.5 Å². The summed E-state index contributed by atoms with van der Waals surface area (Å²) in [6.45, 7) is 0.000304. The zero-order valence-electron chi connectivity index (χ0n) is 11.2. The molecule has 0 atom stereocenters. The van der Waals surface area contributed by atoms with Crippen molar-refractivity contribution >= 4 is 11.6 Å². The fourth-order valence-corrected chi connectivity index (χ4v) is 1.90. The lowest BCUT2D eigenvalue weighted by molar-refractivity contribution is -0.137. The maximum absolute atomic E-state index is 12.6. The predicted octanol–water partition coefficient (Wildman–Crippen LogP) is 4.52. The van der Waals surface area contributed by atoms with Gasteiger partial charge in [0.1, 0.15) is 23.9 Å². The lowest BCUT2D eigenvalue weighted by Gasteiger charge is -2.12. The molecule has 2 rings (SSSR count). The number of rotatable bonds is 5. The topological polar surface area (TPSA) is 38.7 Å². The van der Waals surface area contributed by atoms with Gasteiger partial charge < -0.3 is 14.6 Å². The third-order valence-electron chi connectivity index (χ3n) is 2.65. The van der Waals surface area contributed by atoms with Crippen LogP contribution in [-0.4, -0.2) is 18.3 Å². The first-order valence-corrected chi connectivity index (χ1v) is 6.66. The van der Waals surface area contributed by atoms with Crippen LogP contribution in [-0.2, 0) is 6.18 Å². The fraction of sp³-hybridized carbons (Fsp3) is 0.200. The number of hydrogen-bond acceptors (Lipinski definition) is 3. The zero-order valence-corrected chi connectivity index (χ0v) is 12.0. The largest absolute Gasteiger partial charge is 0.491 e. The summed E-state index contributed by atoms with van der Waals surface area (Å²) >= 11 is 5.82. The summed E-state index contributed by atoms with van der Waals surface area (Å²) in [7, 11) is 0. The van der Waals surface area contributed by atoms with Gasteiger partial charge in [0.05, 0.1) is 17.2 Å². The van der Waals surface area contributed by atoms with E-state index >= 15 is 0 Å². The summed E-state index contributed by atoms with van der Waals surface area (Å²) in [4.78, 5) is 0. The van der Waals surface area contributed by atoms with Crippen LogP contribution in [0.2, 0.25) is 5.02 Å². The van der Waals surface area contributed by atoms with Crippen molar-refractivity contribution in [3.8, 4) is 17.2 Å². The minimum absolute atomic E-state index is 0.106. The lowest BCUT2D eigenvalue weighted by Crippen LogP contribution is -2.04. The third kappa shape index (κ3) is 4.29. The predicted molar refractivity (Wildman–Crippen MR) is 75.6 cm³/mol. The number of halogens is 4. The van der Waals surface area contributed by atoms with Gasteiger partial charge in [-0.2, -0.15) is 13.2 Å². The molecule has 0 saturated heterocycles. The molecule has 2 aromatic carbocycles. The van der Waals surface area contributed by atoms with Gasteiger partial charge in [0, 0.05) is 6.07 Å². The van der Waals surface area contributed by atoms with Gasteiger partial charge in [-0.15, -0.1) is 0 Å². The van der Waals surface area contributed by atoms with Crippen LogP contribution in [0.5, 0.6) is 17.2 Å². The molecule has 0 fully saturated rings. The fourth-order valence-electron chi connectivity index (χ4n) is 1.68. The van der Waals surface area contributed by atoms with Crippen LogP contribution in [0.25, 0.3) is 0 Å². The van der Waals surface area contributed by atoms with E-state index in [0.717, 1.165) is 18.2 Å². The lowest BCUT2D eigenvalue weighted by atomic mass is 10.2. The van der Waals surface area contributed by atoms with Crippen molar-refractivity contribution in [2.24, 2.45) is 0 Å². The highest BCUT2D eigenvalue weighted by Gasteiger charge is 2.31. The van der Waals surface area contributed by atoms with E-state index in [4.69, 9.17) is 26.2 Å². The molecule has 0 heterocycles. The Balaban J connectivity index is 2.17. The molecule has 0 aliphatic heterocycles. The highest BCUT2D eigenvalue weighted by atomic mass is 35.5. The van der Waals surface area contributed by atoms with Crippen LogP contribution >= 0.6 is 11.6 Å². The first kappa shape index (κ1) is 16.5. The molecule has 2 aromatic rings. The summed E-state index contributed by atoms with van der Waals surface area (Å²) in [5, 5.41) is 8.55. The van der Waals surface area contributed by atoms with Gasteiger partial charge >= 0.3 is 6.18 Å². The van der Waals surface area contributed by atoms with Gasteiger partial charge in [-0.1, -0.05) is 17.7 Å². The summed E-state index contributed by atoms with van der Waals surface area (Å²) in [5.74, 6) is 0.931. The van der Waals surface area contributed by atoms with Crippen molar-refractivity contribution in [1.82, 2.24) is 0 Å². The average molecular weight is 333 g/mol. The van der Waals surface area contributed by atoms with Crippen molar-refractivity contribution in [2.45, 2.75) is 6.18 Å². The van der Waals surface area contributed by atoms with Crippen molar-refractivity contribution in [1.29, 1.82) is 0 Å². The van der Waals surface area contributed by atoms with Crippen molar-refractivity contribution in [3.63, 3.8) is 0 Å². The average Bonchev–Trinajstić information content (AvgIpc) is 2.46. The van der Waals surface area contributed by atoms with E-state index in [1.165, 1.54) is 0 Å². The highest BCUT2D eigenvalue weighted by Crippen LogP contribution is 2.36. The molecule has 0 spiro atoms. The van der Waals surface area contributed by atoms with Crippen LogP contribution in [0.4, 0.5) is 13.2 Å². The Bertz CT molecular complexity index is 644. The van der Waals surface area contributed by atoms with E-state index < -0.39 is 11.7 Å². The van der Waals surface area contributed by atoms with Gasteiger partial charge in [0.15, 0.2) is 0 Å². The smallest absolute Gasteiger partial charge is 0.416 e. The van der Waals surface area contributed by atoms with Crippen LogP contribution < -0.4 is 9.47 Å². The first-order chi connectivity index (χ1) is 10.4. The van der Waals surface area contributed by atoms with E-state index in [9.17, 15) is 13.2 Å². The summed E-state index contributed by atoms with van der Waals surface area (Å²) in [6.07, 6.45) is -4.46. The molecule has 0 bridgehead atoms. The van der Waals surface area contributed by atoms with Crippen molar-refractivity contribution < 1.29 is 27.8 Å². The number of aliphatic hydroxyl groups is 1. The van der Waals surface area contributed by atoms with Gasteiger partial charge in [-0.25, -0.2) is 0 Å². The number of ether oxygens (including phenoxy) is 2. The van der Waals surface area contributed by atoms with Gasteiger partial charge in [-0.05, 0) is 30.3 Å². The Kier molecular flexibility index (Phi) is 5.15. The van der Waals surface area contributed by atoms with Crippen LogP contribution in [0.3, 0.4) is 0 Å². The summed E-state index contributed by atoms with van der Waals surface area (Å²) < 4.78 is 48.4. The Labute approximate surface area is 129 Å². The zero-order chi connectivity index (χ0) is 16.2. The van der Waals surface area contributed by atoms with E-state index in [0.29, 0.717) is 11.5 Å². The standard InChI is InChI=1S/C15H12ClF3O3/c16-13-8-10(15(17,18)19)4-5-14(13)22-12-3-1-2-11(9-12)21-7-6-20/h1-5,8-9,20H,6-7H2. The van der Waals surface area contributed by atoms with Gasteiger partial charge in [-0.3, -0.25) is 0 Å². The van der Waals surface area contributed by atoms with Crippen LogP contribution in [0, 0.1) is 0 Å². The molecule has 118 valence electrons. The Morgan fingerprint density at radius 3 is 2.41 bits per heavy atom. The molecular formula is C15H12ClF3O3. The Hall–Kier alpha value is -1.92. The van der Waals surface area contributed by atoms with Crippen molar-refractivity contribution in [3.05, 3.63) is 53.1 Å². The van der Waals surface area contributed by atoms with E-state index in [1.807, 2.05) is 0 Å². The molecule has 0 saturated carbocycles. The quantitative estimate of drug-likeness (QED) is 0.874. The maximum atomic E-state index is 12.6. The molecule has 0 aromatic heterocycles. The second-order valence-corrected chi connectivity index (χ2v) is 4.70. The number of benzene rings is 2. The minimum atomic E-state index is -4.46. The van der Waals surface area contributed by atoms with Gasteiger partial charge in [0.2, 0.25) is 0 Å². The van der Waals surface area contributed by atoms with E-state index in [1.54, 1.807) is 24.3 Å². The summed E-state index contributed by atoms with van der Waals surface area (Å²) in [6, 6.07) is 9.34. The highest BCUT2D eigenvalue weighted by molar-refractivity contribution is 6.32.